The Kier molecular flexibility index (Phi) is 6.04. The molecule has 2 aromatic carbocycles. The number of ketones is 2. The van der Waals surface area contributed by atoms with Gasteiger partial charge in [0.2, 0.25) is 0 Å². The second-order valence-electron chi connectivity index (χ2n) is 6.14. The van der Waals surface area contributed by atoms with Crippen LogP contribution in [0.2, 0.25) is 0 Å². The van der Waals surface area contributed by atoms with Gasteiger partial charge in [-0.3, -0.25) is 14.5 Å². The lowest BCUT2D eigenvalue weighted by Crippen LogP contribution is -2.37. The number of methoxy groups -OCH3 is 1. The molecule has 2 aromatic rings. The standard InChI is InChI=1S/C20H22FNO3/c1-13(23)15-7-10-19(25-4)16(11-15)12-18(22(2)3)20(24)14-5-8-17(21)9-6-14/h5-11,18H,12H2,1-4H3/t18-/m1/s1. The van der Waals surface area contributed by atoms with Crippen LogP contribution >= 0.6 is 0 Å². The van der Waals surface area contributed by atoms with Crippen LogP contribution in [0.1, 0.15) is 33.2 Å². The van der Waals surface area contributed by atoms with Crippen LogP contribution in [0.4, 0.5) is 4.39 Å². The van der Waals surface area contributed by atoms with Gasteiger partial charge in [0.25, 0.3) is 0 Å². The number of halogens is 1. The molecule has 0 aliphatic heterocycles. The third-order valence-electron chi connectivity index (χ3n) is 4.15. The van der Waals surface area contributed by atoms with Crippen LogP contribution in [-0.2, 0) is 6.42 Å². The van der Waals surface area contributed by atoms with E-state index in [4.69, 9.17) is 4.74 Å². The number of likely N-dealkylation sites (N-methyl/N-ethyl adjacent to an activating group) is 1. The molecule has 0 amide bonds. The molecule has 0 bridgehead atoms. The van der Waals surface area contributed by atoms with E-state index in [1.54, 1.807) is 25.3 Å². The third kappa shape index (κ3) is 4.51. The predicted octanol–water partition coefficient (Wildman–Crippen LogP) is 3.39. The van der Waals surface area contributed by atoms with E-state index in [9.17, 15) is 14.0 Å². The second-order valence-corrected chi connectivity index (χ2v) is 6.14. The molecule has 0 fully saturated rings. The lowest BCUT2D eigenvalue weighted by atomic mass is 9.95. The summed E-state index contributed by atoms with van der Waals surface area (Å²) in [7, 11) is 5.18. The molecular formula is C20H22FNO3. The molecular weight excluding hydrogens is 321 g/mol. The molecule has 0 N–H and O–H groups in total. The van der Waals surface area contributed by atoms with Gasteiger partial charge >= 0.3 is 0 Å². The molecule has 0 saturated heterocycles. The molecule has 5 heteroatoms. The Morgan fingerprint density at radius 1 is 1.08 bits per heavy atom. The highest BCUT2D eigenvalue weighted by Crippen LogP contribution is 2.24. The van der Waals surface area contributed by atoms with E-state index in [0.29, 0.717) is 23.3 Å². The van der Waals surface area contributed by atoms with Gasteiger partial charge in [0.1, 0.15) is 11.6 Å². The number of carbonyl (C=O) groups excluding carboxylic acids is 2. The lowest BCUT2D eigenvalue weighted by molar-refractivity contribution is 0.0874. The van der Waals surface area contributed by atoms with Gasteiger partial charge in [-0.15, -0.1) is 0 Å². The van der Waals surface area contributed by atoms with Crippen LogP contribution < -0.4 is 4.74 Å². The Morgan fingerprint density at radius 3 is 2.20 bits per heavy atom. The molecule has 0 aromatic heterocycles. The van der Waals surface area contributed by atoms with Crippen molar-refractivity contribution in [3.8, 4) is 5.75 Å². The summed E-state index contributed by atoms with van der Waals surface area (Å²) >= 11 is 0. The minimum Gasteiger partial charge on any atom is -0.496 e. The highest BCUT2D eigenvalue weighted by molar-refractivity contribution is 6.00. The molecule has 0 spiro atoms. The summed E-state index contributed by atoms with van der Waals surface area (Å²) in [5, 5.41) is 0. The van der Waals surface area contributed by atoms with E-state index in [2.05, 4.69) is 0 Å². The molecule has 0 unspecified atom stereocenters. The molecule has 0 saturated carbocycles. The van der Waals surface area contributed by atoms with Crippen molar-refractivity contribution in [3.63, 3.8) is 0 Å². The van der Waals surface area contributed by atoms with Gasteiger partial charge in [-0.05, 0) is 75.5 Å². The fourth-order valence-electron chi connectivity index (χ4n) is 2.68. The van der Waals surface area contributed by atoms with E-state index in [1.807, 2.05) is 19.0 Å². The van der Waals surface area contributed by atoms with Crippen LogP contribution in [0.3, 0.4) is 0 Å². The number of carbonyl (C=O) groups is 2. The van der Waals surface area contributed by atoms with Crippen LogP contribution in [-0.4, -0.2) is 43.7 Å². The number of hydrogen-bond acceptors (Lipinski definition) is 4. The molecule has 0 radical (unpaired) electrons. The van der Waals surface area contributed by atoms with Crippen LogP contribution in [0.25, 0.3) is 0 Å². The molecule has 0 aliphatic rings. The van der Waals surface area contributed by atoms with Crippen molar-refractivity contribution in [1.82, 2.24) is 4.90 Å². The maximum absolute atomic E-state index is 13.1. The largest absolute Gasteiger partial charge is 0.496 e. The molecule has 25 heavy (non-hydrogen) atoms. The summed E-state index contributed by atoms with van der Waals surface area (Å²) in [6, 6.07) is 10.3. The first kappa shape index (κ1) is 18.8. The minimum atomic E-state index is -0.457. The Hall–Kier alpha value is -2.53. The average molecular weight is 343 g/mol. The van der Waals surface area contributed by atoms with Crippen LogP contribution in [0.15, 0.2) is 42.5 Å². The molecule has 0 aliphatic carbocycles. The highest BCUT2D eigenvalue weighted by atomic mass is 19.1. The lowest BCUT2D eigenvalue weighted by Gasteiger charge is -2.24. The topological polar surface area (TPSA) is 46.6 Å². The van der Waals surface area contributed by atoms with Crippen molar-refractivity contribution < 1.29 is 18.7 Å². The van der Waals surface area contributed by atoms with Crippen LogP contribution in [0.5, 0.6) is 5.75 Å². The monoisotopic (exact) mass is 343 g/mol. The average Bonchev–Trinajstić information content (AvgIpc) is 2.59. The van der Waals surface area contributed by atoms with Gasteiger partial charge in [-0.2, -0.15) is 0 Å². The van der Waals surface area contributed by atoms with E-state index in [0.717, 1.165) is 5.56 Å². The summed E-state index contributed by atoms with van der Waals surface area (Å²) in [5.41, 5.74) is 1.80. The predicted molar refractivity (Wildman–Crippen MR) is 94.9 cm³/mol. The molecule has 132 valence electrons. The molecule has 4 nitrogen and oxygen atoms in total. The summed E-state index contributed by atoms with van der Waals surface area (Å²) in [4.78, 5) is 26.3. The maximum atomic E-state index is 13.1. The van der Waals surface area contributed by atoms with Gasteiger partial charge in [0.05, 0.1) is 13.2 Å². The molecule has 2 rings (SSSR count). The summed E-state index contributed by atoms with van der Waals surface area (Å²) in [5.74, 6) is 0.0907. The number of rotatable bonds is 7. The van der Waals surface area contributed by atoms with Gasteiger partial charge in [-0.25, -0.2) is 4.39 Å². The Balaban J connectivity index is 2.36. The van der Waals surface area contributed by atoms with Crippen LogP contribution in [0, 0.1) is 5.82 Å². The normalized spacial score (nSPS) is 12.1. The zero-order valence-corrected chi connectivity index (χ0v) is 14.9. The van der Waals surface area contributed by atoms with E-state index < -0.39 is 6.04 Å². The Bertz CT molecular complexity index is 769. The van der Waals surface area contributed by atoms with E-state index in [1.165, 1.54) is 31.2 Å². The fourth-order valence-corrected chi connectivity index (χ4v) is 2.68. The van der Waals surface area contributed by atoms with Crippen molar-refractivity contribution in [1.29, 1.82) is 0 Å². The summed E-state index contributed by atoms with van der Waals surface area (Å²) < 4.78 is 18.5. The zero-order chi connectivity index (χ0) is 18.6. The number of ether oxygens (including phenoxy) is 1. The zero-order valence-electron chi connectivity index (χ0n) is 14.9. The Labute approximate surface area is 147 Å². The first-order chi connectivity index (χ1) is 11.8. The first-order valence-electron chi connectivity index (χ1n) is 7.97. The number of hydrogen-bond donors (Lipinski definition) is 0. The van der Waals surface area contributed by atoms with Crippen molar-refractivity contribution in [2.24, 2.45) is 0 Å². The molecule has 1 atom stereocenters. The van der Waals surface area contributed by atoms with Gasteiger partial charge in [0.15, 0.2) is 11.6 Å². The summed E-state index contributed by atoms with van der Waals surface area (Å²) in [6.45, 7) is 1.50. The van der Waals surface area contributed by atoms with Gasteiger partial charge in [0, 0.05) is 11.1 Å². The van der Waals surface area contributed by atoms with E-state index in [-0.39, 0.29) is 17.4 Å². The SMILES string of the molecule is COc1ccc(C(C)=O)cc1C[C@H](C(=O)c1ccc(F)cc1)N(C)C. The van der Waals surface area contributed by atoms with Crippen molar-refractivity contribution >= 4 is 11.6 Å². The highest BCUT2D eigenvalue weighted by Gasteiger charge is 2.24. The summed E-state index contributed by atoms with van der Waals surface area (Å²) in [6.07, 6.45) is 0.382. The van der Waals surface area contributed by atoms with Gasteiger partial charge in [-0.1, -0.05) is 0 Å². The smallest absolute Gasteiger partial charge is 0.180 e. The second kappa shape index (κ2) is 8.03. The first-order valence-corrected chi connectivity index (χ1v) is 7.97. The fraction of sp³-hybridized carbons (Fsp3) is 0.300. The number of benzene rings is 2. The quantitative estimate of drug-likeness (QED) is 0.723. The minimum absolute atomic E-state index is 0.0461. The van der Waals surface area contributed by atoms with Crippen molar-refractivity contribution in [3.05, 3.63) is 65.0 Å². The van der Waals surface area contributed by atoms with Gasteiger partial charge < -0.3 is 4.74 Å². The number of Topliss-reactive ketones (excluding diaryl/α,β-unsaturated/α-hetero) is 2. The number of nitrogens with zero attached hydrogens (tertiary/aromatic N) is 1. The molecule has 0 heterocycles. The Morgan fingerprint density at radius 2 is 1.68 bits per heavy atom. The maximum Gasteiger partial charge on any atom is 0.180 e. The third-order valence-corrected chi connectivity index (χ3v) is 4.15. The van der Waals surface area contributed by atoms with Crippen molar-refractivity contribution in [2.75, 3.05) is 21.2 Å². The van der Waals surface area contributed by atoms with Crippen molar-refractivity contribution in [2.45, 2.75) is 19.4 Å². The van der Waals surface area contributed by atoms with E-state index >= 15 is 0 Å².